The first-order valence-corrected chi connectivity index (χ1v) is 4.37. The molecule has 17 heavy (non-hydrogen) atoms. The molecule has 0 aromatic carbocycles. The molecule has 92 valence electrons. The lowest BCUT2D eigenvalue weighted by atomic mass is 10.4. The quantitative estimate of drug-likeness (QED) is 0.542. The number of nitrogens with two attached hydrogens (primary N) is 1. The van der Waals surface area contributed by atoms with E-state index in [4.69, 9.17) is 5.84 Å². The summed E-state index contributed by atoms with van der Waals surface area (Å²) in [6.45, 7) is -1.45. The van der Waals surface area contributed by atoms with Crippen LogP contribution in [0.3, 0.4) is 0 Å². The normalized spacial score (nSPS) is 11.8. The number of H-pyrrole nitrogens is 1. The van der Waals surface area contributed by atoms with Crippen LogP contribution in [0.25, 0.3) is 11.0 Å². The second-order valence-electron chi connectivity index (χ2n) is 3.03. The molecule has 2 rings (SSSR count). The van der Waals surface area contributed by atoms with Crippen molar-refractivity contribution < 1.29 is 17.9 Å². The van der Waals surface area contributed by atoms with E-state index in [-0.39, 0.29) is 22.9 Å². The highest BCUT2D eigenvalue weighted by Gasteiger charge is 2.29. The third kappa shape index (κ3) is 2.53. The largest absolute Gasteiger partial charge is 0.467 e. The molecule has 0 saturated heterocycles. The number of hydrogen-bond donors (Lipinski definition) is 3. The smallest absolute Gasteiger partial charge is 0.422 e. The Morgan fingerprint density at radius 3 is 2.82 bits per heavy atom. The number of anilines is 1. The maximum Gasteiger partial charge on any atom is 0.422 e. The standard InChI is InChI=1S/C7H7F3N6O/c8-7(9,10)2-17-5-3-1-12-16-4(3)13-6(14-5)15-11/h1H,2,11H2,(H2,12,13,14,15,16). The van der Waals surface area contributed by atoms with Gasteiger partial charge >= 0.3 is 6.18 Å². The van der Waals surface area contributed by atoms with Gasteiger partial charge < -0.3 is 4.74 Å². The zero-order valence-corrected chi connectivity index (χ0v) is 8.25. The molecule has 0 aliphatic carbocycles. The summed E-state index contributed by atoms with van der Waals surface area (Å²) in [4.78, 5) is 7.50. The first-order chi connectivity index (χ1) is 7.99. The second-order valence-corrected chi connectivity index (χ2v) is 3.03. The summed E-state index contributed by atoms with van der Waals surface area (Å²) >= 11 is 0. The lowest BCUT2D eigenvalue weighted by molar-refractivity contribution is -0.153. The molecule has 0 aliphatic rings. The van der Waals surface area contributed by atoms with Crippen molar-refractivity contribution in [3.63, 3.8) is 0 Å². The summed E-state index contributed by atoms with van der Waals surface area (Å²) in [7, 11) is 0. The van der Waals surface area contributed by atoms with Crippen molar-refractivity contribution in [2.45, 2.75) is 6.18 Å². The van der Waals surface area contributed by atoms with E-state index >= 15 is 0 Å². The number of aromatic amines is 1. The minimum atomic E-state index is -4.45. The van der Waals surface area contributed by atoms with Crippen molar-refractivity contribution in [3.8, 4) is 5.88 Å². The fraction of sp³-hybridized carbons (Fsp3) is 0.286. The summed E-state index contributed by atoms with van der Waals surface area (Å²) in [5.41, 5.74) is 2.34. The minimum absolute atomic E-state index is 0.0704. The molecule has 0 saturated carbocycles. The van der Waals surface area contributed by atoms with Gasteiger partial charge in [-0.1, -0.05) is 0 Å². The van der Waals surface area contributed by atoms with E-state index in [1.165, 1.54) is 6.20 Å². The summed E-state index contributed by atoms with van der Waals surface area (Å²) < 4.78 is 40.6. The molecule has 10 heteroatoms. The van der Waals surface area contributed by atoms with Crippen molar-refractivity contribution in [2.24, 2.45) is 5.84 Å². The average Bonchev–Trinajstić information content (AvgIpc) is 2.72. The van der Waals surface area contributed by atoms with Crippen LogP contribution in [-0.2, 0) is 0 Å². The van der Waals surface area contributed by atoms with Gasteiger partial charge in [0, 0.05) is 0 Å². The van der Waals surface area contributed by atoms with Gasteiger partial charge in [-0.15, -0.1) is 0 Å². The monoisotopic (exact) mass is 248 g/mol. The molecule has 7 nitrogen and oxygen atoms in total. The highest BCUT2D eigenvalue weighted by atomic mass is 19.4. The van der Waals surface area contributed by atoms with Gasteiger partial charge in [0.2, 0.25) is 11.8 Å². The Hall–Kier alpha value is -2.10. The number of nitrogens with zero attached hydrogens (tertiary/aromatic N) is 3. The SMILES string of the molecule is NNc1nc(OCC(F)(F)F)c2cn[nH]c2n1. The van der Waals surface area contributed by atoms with Crippen molar-refractivity contribution in [3.05, 3.63) is 6.20 Å². The Morgan fingerprint density at radius 2 is 2.18 bits per heavy atom. The molecule has 4 N–H and O–H groups in total. The van der Waals surface area contributed by atoms with Crippen molar-refractivity contribution >= 4 is 17.0 Å². The molecule has 0 bridgehead atoms. The predicted octanol–water partition coefficient (Wildman–Crippen LogP) is 0.580. The van der Waals surface area contributed by atoms with Gasteiger partial charge in [0.05, 0.1) is 6.20 Å². The lowest BCUT2D eigenvalue weighted by Gasteiger charge is -2.09. The summed E-state index contributed by atoms with van der Waals surface area (Å²) in [6, 6.07) is 0. The van der Waals surface area contributed by atoms with Crippen molar-refractivity contribution in [1.29, 1.82) is 0 Å². The maximum absolute atomic E-state index is 12.0. The van der Waals surface area contributed by atoms with E-state index in [9.17, 15) is 13.2 Å². The molecule has 2 aromatic heterocycles. The van der Waals surface area contributed by atoms with Gasteiger partial charge in [0.15, 0.2) is 12.3 Å². The topological polar surface area (TPSA) is 102 Å². The van der Waals surface area contributed by atoms with Gasteiger partial charge in [0.25, 0.3) is 0 Å². The Labute approximate surface area is 92.1 Å². The zero-order chi connectivity index (χ0) is 12.5. The predicted molar refractivity (Wildman–Crippen MR) is 51.0 cm³/mol. The van der Waals surface area contributed by atoms with Crippen LogP contribution in [0.15, 0.2) is 6.20 Å². The number of aromatic nitrogens is 4. The number of nitrogen functional groups attached to an aromatic ring is 1. The molecule has 0 unspecified atom stereocenters. The molecular weight excluding hydrogens is 241 g/mol. The van der Waals surface area contributed by atoms with E-state index in [1.54, 1.807) is 0 Å². The first kappa shape index (κ1) is 11.4. The zero-order valence-electron chi connectivity index (χ0n) is 8.25. The molecule has 0 radical (unpaired) electrons. The molecule has 0 fully saturated rings. The van der Waals surface area contributed by atoms with E-state index in [0.717, 1.165) is 0 Å². The first-order valence-electron chi connectivity index (χ1n) is 4.37. The second kappa shape index (κ2) is 4.05. The maximum atomic E-state index is 12.0. The lowest BCUT2D eigenvalue weighted by Crippen LogP contribution is -2.20. The van der Waals surface area contributed by atoms with Crippen LogP contribution in [0.4, 0.5) is 19.1 Å². The number of halogens is 3. The Balaban J connectivity index is 2.34. The summed E-state index contributed by atoms with van der Waals surface area (Å²) in [5, 5.41) is 6.34. The Bertz CT molecular complexity index is 524. The number of nitrogens with one attached hydrogen (secondary N) is 2. The number of ether oxygens (including phenoxy) is 1. The third-order valence-corrected chi connectivity index (χ3v) is 1.78. The molecule has 0 amide bonds. The minimum Gasteiger partial charge on any atom is -0.467 e. The van der Waals surface area contributed by atoms with Crippen LogP contribution in [0.1, 0.15) is 0 Å². The number of hydrogen-bond acceptors (Lipinski definition) is 6. The van der Waals surface area contributed by atoms with Crippen LogP contribution in [0.2, 0.25) is 0 Å². The fourth-order valence-corrected chi connectivity index (χ4v) is 1.13. The van der Waals surface area contributed by atoms with Gasteiger partial charge in [-0.05, 0) is 0 Å². The molecular formula is C7H7F3N6O. The number of alkyl halides is 3. The van der Waals surface area contributed by atoms with Crippen LogP contribution < -0.4 is 16.0 Å². The van der Waals surface area contributed by atoms with E-state index in [1.807, 2.05) is 0 Å². The third-order valence-electron chi connectivity index (χ3n) is 1.78. The van der Waals surface area contributed by atoms with Crippen LogP contribution in [0.5, 0.6) is 5.88 Å². The molecule has 2 aromatic rings. The van der Waals surface area contributed by atoms with Crippen molar-refractivity contribution in [2.75, 3.05) is 12.0 Å². The molecule has 2 heterocycles. The van der Waals surface area contributed by atoms with Gasteiger partial charge in [-0.3, -0.25) is 10.5 Å². The Kier molecular flexibility index (Phi) is 2.71. The highest BCUT2D eigenvalue weighted by molar-refractivity contribution is 5.80. The number of rotatable bonds is 3. The van der Waals surface area contributed by atoms with Crippen LogP contribution in [0, 0.1) is 0 Å². The average molecular weight is 248 g/mol. The number of hydrazine groups is 1. The molecule has 0 spiro atoms. The van der Waals surface area contributed by atoms with Gasteiger partial charge in [0.1, 0.15) is 5.39 Å². The molecule has 0 aliphatic heterocycles. The van der Waals surface area contributed by atoms with E-state index in [2.05, 4.69) is 30.3 Å². The van der Waals surface area contributed by atoms with Gasteiger partial charge in [-0.2, -0.15) is 28.2 Å². The van der Waals surface area contributed by atoms with E-state index in [0.29, 0.717) is 0 Å². The Morgan fingerprint density at radius 1 is 1.41 bits per heavy atom. The van der Waals surface area contributed by atoms with Crippen molar-refractivity contribution in [1.82, 2.24) is 20.2 Å². The summed E-state index contributed by atoms with van der Waals surface area (Å²) in [6.07, 6.45) is -3.18. The number of fused-ring (bicyclic) bond motifs is 1. The molecule has 0 atom stereocenters. The van der Waals surface area contributed by atoms with Crippen LogP contribution in [-0.4, -0.2) is 32.9 Å². The van der Waals surface area contributed by atoms with E-state index < -0.39 is 12.8 Å². The highest BCUT2D eigenvalue weighted by Crippen LogP contribution is 2.24. The van der Waals surface area contributed by atoms with Crippen LogP contribution >= 0.6 is 0 Å². The van der Waals surface area contributed by atoms with Gasteiger partial charge in [-0.25, -0.2) is 5.84 Å². The summed E-state index contributed by atoms with van der Waals surface area (Å²) in [5.74, 6) is 4.76. The fourth-order valence-electron chi connectivity index (χ4n) is 1.13.